The van der Waals surface area contributed by atoms with E-state index >= 15 is 0 Å². The summed E-state index contributed by atoms with van der Waals surface area (Å²) in [6.07, 6.45) is 3.66. The Bertz CT molecular complexity index is 1380. The molecule has 0 atom stereocenters. The first-order valence-electron chi connectivity index (χ1n) is 11.6. The third-order valence-corrected chi connectivity index (χ3v) is 6.30. The number of hydrogen-bond acceptors (Lipinski definition) is 3. The number of benzene rings is 3. The summed E-state index contributed by atoms with van der Waals surface area (Å²) in [5.41, 5.74) is 4.08. The van der Waals surface area contributed by atoms with Gasteiger partial charge in [0.25, 0.3) is 5.91 Å². The monoisotopic (exact) mass is 484 g/mol. The summed E-state index contributed by atoms with van der Waals surface area (Å²) in [5.74, 6) is -0.142. The summed E-state index contributed by atoms with van der Waals surface area (Å²) in [6, 6.07) is 24.8. The Morgan fingerprint density at radius 3 is 2.49 bits per heavy atom. The Morgan fingerprint density at radius 2 is 1.77 bits per heavy atom. The molecule has 0 spiro atoms. The number of carbonyl (C=O) groups excluding carboxylic acids is 2. The molecule has 0 unspecified atom stereocenters. The van der Waals surface area contributed by atoms with Gasteiger partial charge in [-0.05, 0) is 49.6 Å². The van der Waals surface area contributed by atoms with Crippen LogP contribution in [0.2, 0.25) is 5.02 Å². The highest BCUT2D eigenvalue weighted by Gasteiger charge is 2.35. The number of hydrogen-bond donors (Lipinski definition) is 1. The van der Waals surface area contributed by atoms with Crippen LogP contribution in [0.3, 0.4) is 0 Å². The topological polar surface area (TPSA) is 67.2 Å². The van der Waals surface area contributed by atoms with Crippen LogP contribution in [0.4, 0.5) is 5.95 Å². The molecular formula is C28H25ClN4O2. The van der Waals surface area contributed by atoms with Crippen LogP contribution in [-0.2, 0) is 4.79 Å². The average Bonchev–Trinajstić information content (AvgIpc) is 3.62. The lowest BCUT2D eigenvalue weighted by atomic mass is 10.2. The molecule has 7 heteroatoms. The molecule has 0 bridgehead atoms. The second kappa shape index (κ2) is 9.76. The predicted molar refractivity (Wildman–Crippen MR) is 138 cm³/mol. The first-order valence-corrected chi connectivity index (χ1v) is 11.9. The highest BCUT2D eigenvalue weighted by molar-refractivity contribution is 6.33. The van der Waals surface area contributed by atoms with Crippen LogP contribution in [0.25, 0.3) is 16.9 Å². The minimum Gasteiger partial charge on any atom is -0.326 e. The molecule has 1 saturated carbocycles. The molecule has 4 aromatic rings. The van der Waals surface area contributed by atoms with Gasteiger partial charge in [-0.1, -0.05) is 66.2 Å². The molecule has 3 aromatic carbocycles. The fourth-order valence-electron chi connectivity index (χ4n) is 4.05. The molecule has 0 saturated heterocycles. The number of amides is 2. The van der Waals surface area contributed by atoms with E-state index in [-0.39, 0.29) is 24.4 Å². The third kappa shape index (κ3) is 5.12. The Balaban J connectivity index is 1.42. The second-order valence-electron chi connectivity index (χ2n) is 8.72. The summed E-state index contributed by atoms with van der Waals surface area (Å²) in [4.78, 5) is 32.7. The summed E-state index contributed by atoms with van der Waals surface area (Å²) in [6.45, 7) is 1.95. The molecule has 176 valence electrons. The van der Waals surface area contributed by atoms with Crippen LogP contribution in [0.5, 0.6) is 0 Å². The zero-order valence-corrected chi connectivity index (χ0v) is 20.1. The highest BCUT2D eigenvalue weighted by Crippen LogP contribution is 2.30. The minimum atomic E-state index is -0.309. The maximum Gasteiger partial charge on any atom is 0.256 e. The number of aromatic nitrogens is 2. The molecule has 5 rings (SSSR count). The average molecular weight is 485 g/mol. The van der Waals surface area contributed by atoms with Crippen LogP contribution in [0.1, 0.15) is 28.8 Å². The van der Waals surface area contributed by atoms with E-state index in [0.29, 0.717) is 16.5 Å². The van der Waals surface area contributed by atoms with Gasteiger partial charge in [0.1, 0.15) is 6.54 Å². The summed E-state index contributed by atoms with van der Waals surface area (Å²) in [5, 5.41) is 3.32. The van der Waals surface area contributed by atoms with Crippen molar-refractivity contribution in [3.8, 4) is 16.9 Å². The van der Waals surface area contributed by atoms with Gasteiger partial charge in [0.2, 0.25) is 11.9 Å². The standard InChI is InChI=1S/C28H25ClN4O2/c1-19-8-7-11-22(16-19)33-17-25(20-9-3-2-4-10-20)30-28(33)31-26(34)18-32(21-14-15-21)27(35)23-12-5-6-13-24(23)29/h2-13,16-17,21H,14-15,18H2,1H3,(H,30,31,34). The molecule has 0 radical (unpaired) electrons. The van der Waals surface area contributed by atoms with Gasteiger partial charge in [0.05, 0.1) is 16.3 Å². The molecule has 0 aliphatic heterocycles. The van der Waals surface area contributed by atoms with Crippen LogP contribution < -0.4 is 5.32 Å². The molecule has 35 heavy (non-hydrogen) atoms. The number of nitrogens with zero attached hydrogens (tertiary/aromatic N) is 3. The second-order valence-corrected chi connectivity index (χ2v) is 9.12. The zero-order valence-electron chi connectivity index (χ0n) is 19.3. The molecule has 1 fully saturated rings. The lowest BCUT2D eigenvalue weighted by Crippen LogP contribution is -2.40. The lowest BCUT2D eigenvalue weighted by Gasteiger charge is -2.22. The van der Waals surface area contributed by atoms with E-state index < -0.39 is 0 Å². The Kier molecular flexibility index (Phi) is 6.38. The van der Waals surface area contributed by atoms with E-state index in [1.165, 1.54) is 0 Å². The van der Waals surface area contributed by atoms with Gasteiger partial charge in [-0.3, -0.25) is 19.5 Å². The molecule has 1 N–H and O–H groups in total. The van der Waals surface area contributed by atoms with Crippen molar-refractivity contribution in [3.05, 3.63) is 101 Å². The van der Waals surface area contributed by atoms with Gasteiger partial charge in [-0.15, -0.1) is 0 Å². The summed E-state index contributed by atoms with van der Waals surface area (Å²) in [7, 11) is 0. The van der Waals surface area contributed by atoms with Gasteiger partial charge in [-0.25, -0.2) is 4.98 Å². The fraction of sp³-hybridized carbons (Fsp3) is 0.179. The van der Waals surface area contributed by atoms with E-state index in [2.05, 4.69) is 5.32 Å². The lowest BCUT2D eigenvalue weighted by molar-refractivity contribution is -0.117. The number of halogens is 1. The zero-order chi connectivity index (χ0) is 24.4. The summed E-state index contributed by atoms with van der Waals surface area (Å²) >= 11 is 6.26. The Hall–Kier alpha value is -3.90. The third-order valence-electron chi connectivity index (χ3n) is 5.97. The molecule has 1 aliphatic rings. The number of nitrogens with one attached hydrogen (secondary N) is 1. The Labute approximate surface area is 209 Å². The van der Waals surface area contributed by atoms with E-state index in [1.54, 1.807) is 29.2 Å². The molecule has 2 amide bonds. The minimum absolute atomic E-state index is 0.0425. The van der Waals surface area contributed by atoms with E-state index in [4.69, 9.17) is 16.6 Å². The Morgan fingerprint density at radius 1 is 1.03 bits per heavy atom. The number of rotatable bonds is 7. The van der Waals surface area contributed by atoms with Gasteiger partial charge in [-0.2, -0.15) is 0 Å². The van der Waals surface area contributed by atoms with Crippen molar-refractivity contribution >= 4 is 29.4 Å². The van der Waals surface area contributed by atoms with Crippen molar-refractivity contribution in [2.24, 2.45) is 0 Å². The van der Waals surface area contributed by atoms with Crippen LogP contribution in [-0.4, -0.2) is 38.9 Å². The van der Waals surface area contributed by atoms with Crippen LogP contribution in [0, 0.1) is 6.92 Å². The molecule has 1 aliphatic carbocycles. The van der Waals surface area contributed by atoms with Crippen molar-refractivity contribution in [1.82, 2.24) is 14.5 Å². The van der Waals surface area contributed by atoms with Crippen molar-refractivity contribution in [1.29, 1.82) is 0 Å². The number of carbonyl (C=O) groups is 2. The molecule has 1 aromatic heterocycles. The quantitative estimate of drug-likeness (QED) is 0.363. The van der Waals surface area contributed by atoms with Gasteiger partial charge >= 0.3 is 0 Å². The van der Waals surface area contributed by atoms with Crippen LogP contribution in [0.15, 0.2) is 85.1 Å². The van der Waals surface area contributed by atoms with Gasteiger partial charge < -0.3 is 4.90 Å². The van der Waals surface area contributed by atoms with Gasteiger partial charge in [0, 0.05) is 23.5 Å². The highest BCUT2D eigenvalue weighted by atomic mass is 35.5. The maximum atomic E-state index is 13.2. The predicted octanol–water partition coefficient (Wildman–Crippen LogP) is 5.74. The van der Waals surface area contributed by atoms with Gasteiger partial charge in [0.15, 0.2) is 0 Å². The molecular weight excluding hydrogens is 460 g/mol. The van der Waals surface area contributed by atoms with Crippen molar-refractivity contribution in [2.75, 3.05) is 11.9 Å². The van der Waals surface area contributed by atoms with Crippen molar-refractivity contribution < 1.29 is 9.59 Å². The maximum absolute atomic E-state index is 13.2. The number of anilines is 1. The van der Waals surface area contributed by atoms with E-state index in [0.717, 1.165) is 35.3 Å². The van der Waals surface area contributed by atoms with Crippen LogP contribution >= 0.6 is 11.6 Å². The molecule has 6 nitrogen and oxygen atoms in total. The SMILES string of the molecule is Cc1cccc(-n2cc(-c3ccccc3)nc2NC(=O)CN(C(=O)c2ccccc2Cl)C2CC2)c1. The van der Waals surface area contributed by atoms with E-state index in [1.807, 2.05) is 72.3 Å². The fourth-order valence-corrected chi connectivity index (χ4v) is 4.27. The normalized spacial score (nSPS) is 12.9. The first-order chi connectivity index (χ1) is 17.0. The number of aryl methyl sites for hydroxylation is 1. The first kappa shape index (κ1) is 22.9. The largest absolute Gasteiger partial charge is 0.326 e. The van der Waals surface area contributed by atoms with Crippen molar-refractivity contribution in [2.45, 2.75) is 25.8 Å². The summed E-state index contributed by atoms with van der Waals surface area (Å²) < 4.78 is 1.87. The van der Waals surface area contributed by atoms with Crippen molar-refractivity contribution in [3.63, 3.8) is 0 Å². The van der Waals surface area contributed by atoms with E-state index in [9.17, 15) is 9.59 Å². The smallest absolute Gasteiger partial charge is 0.256 e. The molecule has 1 heterocycles. The number of imidazole rings is 1.